The van der Waals surface area contributed by atoms with E-state index in [2.05, 4.69) is 10.6 Å². The molecule has 0 bridgehead atoms. The number of ether oxygens (including phenoxy) is 1. The van der Waals surface area contributed by atoms with E-state index in [9.17, 15) is 35.9 Å². The number of halogens is 6. The van der Waals surface area contributed by atoms with Gasteiger partial charge in [0.25, 0.3) is 5.91 Å². The average Bonchev–Trinajstić information content (AvgIpc) is 2.78. The largest absolute Gasteiger partial charge is 0.445 e. The Kier molecular flexibility index (Phi) is 9.34. The lowest BCUT2D eigenvalue weighted by Crippen LogP contribution is -2.31. The second kappa shape index (κ2) is 11.8. The summed E-state index contributed by atoms with van der Waals surface area (Å²) >= 11 is 0. The Bertz CT molecular complexity index is 961. The van der Waals surface area contributed by atoms with Crippen molar-refractivity contribution in [3.8, 4) is 0 Å². The Labute approximate surface area is 192 Å². The molecule has 0 saturated heterocycles. The molecule has 5 nitrogen and oxygen atoms in total. The molecule has 0 aliphatic carbocycles. The van der Waals surface area contributed by atoms with Gasteiger partial charge in [-0.25, -0.2) is 4.79 Å². The van der Waals surface area contributed by atoms with Crippen LogP contribution >= 0.6 is 0 Å². The van der Waals surface area contributed by atoms with E-state index in [1.807, 2.05) is 18.2 Å². The highest BCUT2D eigenvalue weighted by atomic mass is 19.4. The van der Waals surface area contributed by atoms with Crippen LogP contribution in [0.4, 0.5) is 31.1 Å². The molecule has 2 aromatic rings. The first-order valence-electron chi connectivity index (χ1n) is 10.4. The highest BCUT2D eigenvalue weighted by molar-refractivity contribution is 5.96. The molecule has 0 unspecified atom stereocenters. The minimum absolute atomic E-state index is 0.0508. The molecule has 0 radical (unpaired) electrons. The van der Waals surface area contributed by atoms with E-state index in [0.29, 0.717) is 18.9 Å². The molecule has 0 aliphatic heterocycles. The summed E-state index contributed by atoms with van der Waals surface area (Å²) in [5.41, 5.74) is -3.04. The summed E-state index contributed by atoms with van der Waals surface area (Å²) in [4.78, 5) is 23.9. The second-order valence-electron chi connectivity index (χ2n) is 7.70. The van der Waals surface area contributed by atoms with Crippen molar-refractivity contribution in [2.75, 3.05) is 13.1 Å². The van der Waals surface area contributed by atoms with E-state index in [-0.39, 0.29) is 37.7 Å². The first kappa shape index (κ1) is 27.0. The third kappa shape index (κ3) is 8.60. The van der Waals surface area contributed by atoms with Crippen LogP contribution in [-0.2, 0) is 23.7 Å². The van der Waals surface area contributed by atoms with Gasteiger partial charge in [0.2, 0.25) is 0 Å². The van der Waals surface area contributed by atoms with Gasteiger partial charge in [-0.05, 0) is 42.5 Å². The van der Waals surface area contributed by atoms with Crippen LogP contribution in [0, 0.1) is 5.92 Å². The van der Waals surface area contributed by atoms with Crippen LogP contribution in [0.15, 0.2) is 48.5 Å². The van der Waals surface area contributed by atoms with Gasteiger partial charge < -0.3 is 15.4 Å². The molecule has 0 aliphatic rings. The van der Waals surface area contributed by atoms with Crippen LogP contribution in [0.2, 0.25) is 0 Å². The zero-order chi connectivity index (χ0) is 25.4. The molecule has 0 fully saturated rings. The van der Waals surface area contributed by atoms with Gasteiger partial charge in [-0.3, -0.25) is 4.79 Å². The highest BCUT2D eigenvalue weighted by Gasteiger charge is 2.38. The Morgan fingerprint density at radius 3 is 2.24 bits per heavy atom. The highest BCUT2D eigenvalue weighted by Crippen LogP contribution is 2.36. The van der Waals surface area contributed by atoms with Crippen LogP contribution in [0.5, 0.6) is 0 Å². The van der Waals surface area contributed by atoms with Gasteiger partial charge in [0.1, 0.15) is 6.61 Å². The zero-order valence-corrected chi connectivity index (χ0v) is 18.2. The zero-order valence-electron chi connectivity index (χ0n) is 18.2. The number of benzene rings is 2. The van der Waals surface area contributed by atoms with Crippen molar-refractivity contribution in [2.45, 2.75) is 38.7 Å². The molecule has 0 heterocycles. The average molecular weight is 490 g/mol. The number of hydrogen-bond acceptors (Lipinski definition) is 3. The number of alkyl carbamates (subject to hydrolysis) is 1. The van der Waals surface area contributed by atoms with Crippen molar-refractivity contribution in [3.05, 3.63) is 70.8 Å². The second-order valence-corrected chi connectivity index (χ2v) is 7.70. The number of hydrogen-bond donors (Lipinski definition) is 2. The monoisotopic (exact) mass is 490 g/mol. The van der Waals surface area contributed by atoms with E-state index < -0.39 is 41.0 Å². The van der Waals surface area contributed by atoms with Crippen LogP contribution < -0.4 is 10.6 Å². The number of nitrogens with one attached hydrogen (secondary N) is 2. The van der Waals surface area contributed by atoms with Crippen molar-refractivity contribution >= 4 is 12.0 Å². The number of amides is 2. The maximum Gasteiger partial charge on any atom is 0.417 e. The van der Waals surface area contributed by atoms with Gasteiger partial charge in [-0.15, -0.1) is 0 Å². The lowest BCUT2D eigenvalue weighted by molar-refractivity contribution is -0.141. The van der Waals surface area contributed by atoms with Gasteiger partial charge in [0.15, 0.2) is 0 Å². The maximum absolute atomic E-state index is 13.2. The maximum atomic E-state index is 13.2. The Morgan fingerprint density at radius 1 is 0.941 bits per heavy atom. The van der Waals surface area contributed by atoms with Gasteiger partial charge in [0.05, 0.1) is 16.7 Å². The lowest BCUT2D eigenvalue weighted by atomic mass is 10.0. The standard InChI is InChI=1S/C23H24F6N2O3/c1-15(6-5-11-30-21(33)34-14-16-7-3-2-4-8-16)13-31-20(32)18-12-17(22(24,25)26)9-10-19(18)23(27,28)29/h2-4,7-10,12,15H,5-6,11,13-14H2,1H3,(H,30,33)(H,31,32)/t15-/m0/s1. The molecule has 2 rings (SSSR count). The fourth-order valence-electron chi connectivity index (χ4n) is 3.03. The van der Waals surface area contributed by atoms with E-state index in [1.54, 1.807) is 19.1 Å². The van der Waals surface area contributed by atoms with Crippen molar-refractivity contribution in [1.29, 1.82) is 0 Å². The third-order valence-electron chi connectivity index (χ3n) is 4.86. The van der Waals surface area contributed by atoms with Crippen molar-refractivity contribution < 1.29 is 40.7 Å². The number of rotatable bonds is 9. The molecular weight excluding hydrogens is 466 g/mol. The van der Waals surface area contributed by atoms with Crippen molar-refractivity contribution in [1.82, 2.24) is 10.6 Å². The van der Waals surface area contributed by atoms with Crippen LogP contribution in [0.25, 0.3) is 0 Å². The van der Waals surface area contributed by atoms with Crippen LogP contribution in [-0.4, -0.2) is 25.1 Å². The minimum Gasteiger partial charge on any atom is -0.445 e. The Balaban J connectivity index is 1.79. The van der Waals surface area contributed by atoms with Crippen LogP contribution in [0.1, 0.15) is 46.8 Å². The molecule has 34 heavy (non-hydrogen) atoms. The summed E-state index contributed by atoms with van der Waals surface area (Å²) < 4.78 is 83.2. The number of alkyl halides is 6. The predicted molar refractivity (Wildman–Crippen MR) is 112 cm³/mol. The minimum atomic E-state index is -4.98. The summed E-state index contributed by atoms with van der Waals surface area (Å²) in [5, 5.41) is 4.82. The molecule has 0 spiro atoms. The molecule has 2 N–H and O–H groups in total. The Hall–Kier alpha value is -3.24. The first-order valence-corrected chi connectivity index (χ1v) is 10.4. The summed E-state index contributed by atoms with van der Waals surface area (Å²) in [6.45, 7) is 2.05. The smallest absolute Gasteiger partial charge is 0.417 e. The molecule has 11 heteroatoms. The predicted octanol–water partition coefficient (Wildman–Crippen LogP) is 5.80. The molecule has 186 valence electrons. The molecule has 0 saturated carbocycles. The number of carbonyl (C=O) groups is 2. The molecule has 1 atom stereocenters. The van der Waals surface area contributed by atoms with Gasteiger partial charge >= 0.3 is 18.4 Å². The van der Waals surface area contributed by atoms with E-state index >= 15 is 0 Å². The van der Waals surface area contributed by atoms with Crippen molar-refractivity contribution in [3.63, 3.8) is 0 Å². The quantitative estimate of drug-likeness (QED) is 0.345. The normalized spacial score (nSPS) is 12.7. The molecule has 2 amide bonds. The molecule has 2 aromatic carbocycles. The lowest BCUT2D eigenvalue weighted by Gasteiger charge is -2.17. The SMILES string of the molecule is C[C@@H](CCCNC(=O)OCc1ccccc1)CNC(=O)c1cc(C(F)(F)F)ccc1C(F)(F)F. The summed E-state index contributed by atoms with van der Waals surface area (Å²) in [5.74, 6) is -1.45. The van der Waals surface area contributed by atoms with Crippen LogP contribution in [0.3, 0.4) is 0 Å². The first-order chi connectivity index (χ1) is 15.9. The van der Waals surface area contributed by atoms with E-state index in [0.717, 1.165) is 5.56 Å². The van der Waals surface area contributed by atoms with Gasteiger partial charge in [0, 0.05) is 13.1 Å². The summed E-state index contributed by atoms with van der Waals surface area (Å²) in [6, 6.07) is 9.82. The molecule has 0 aromatic heterocycles. The topological polar surface area (TPSA) is 67.4 Å². The van der Waals surface area contributed by atoms with E-state index in [1.165, 1.54) is 0 Å². The third-order valence-corrected chi connectivity index (χ3v) is 4.86. The van der Waals surface area contributed by atoms with Crippen molar-refractivity contribution in [2.24, 2.45) is 5.92 Å². The Morgan fingerprint density at radius 2 is 1.62 bits per heavy atom. The van der Waals surface area contributed by atoms with Gasteiger partial charge in [-0.1, -0.05) is 37.3 Å². The molecular formula is C23H24F6N2O3. The fourth-order valence-corrected chi connectivity index (χ4v) is 3.03. The van der Waals surface area contributed by atoms with Gasteiger partial charge in [-0.2, -0.15) is 26.3 Å². The number of carbonyl (C=O) groups excluding carboxylic acids is 2. The van der Waals surface area contributed by atoms with E-state index in [4.69, 9.17) is 4.74 Å². The summed E-state index contributed by atoms with van der Waals surface area (Å²) in [6.07, 6.45) is -9.48. The fraction of sp³-hybridized carbons (Fsp3) is 0.391. The summed E-state index contributed by atoms with van der Waals surface area (Å²) in [7, 11) is 0.